The Labute approximate surface area is 82.4 Å². The molecule has 0 unspecified atom stereocenters. The molecule has 0 N–H and O–H groups in total. The van der Waals surface area contributed by atoms with E-state index in [4.69, 9.17) is 9.47 Å². The molecular weight excluding hydrogens is 188 g/mol. The van der Waals surface area contributed by atoms with Crippen molar-refractivity contribution in [3.63, 3.8) is 0 Å². The van der Waals surface area contributed by atoms with E-state index < -0.39 is 6.29 Å². The molecule has 1 aliphatic rings. The average Bonchev–Trinajstić information content (AvgIpc) is 2.40. The summed E-state index contributed by atoms with van der Waals surface area (Å²) in [6.07, 6.45) is -0.561. The van der Waals surface area contributed by atoms with Gasteiger partial charge in [0.05, 0.1) is 6.54 Å². The van der Waals surface area contributed by atoms with Gasteiger partial charge in [-0.3, -0.25) is 9.69 Å². The number of hydrogen-bond donors (Lipinski definition) is 0. The second-order valence-electron chi connectivity index (χ2n) is 3.04. The average molecular weight is 202 g/mol. The van der Waals surface area contributed by atoms with Gasteiger partial charge in [0.15, 0.2) is 6.29 Å². The summed E-state index contributed by atoms with van der Waals surface area (Å²) in [5.41, 5.74) is 0. The summed E-state index contributed by atoms with van der Waals surface area (Å²) >= 11 is 0. The lowest BCUT2D eigenvalue weighted by molar-refractivity contribution is -0.136. The highest BCUT2D eigenvalue weighted by atomic mass is 16.7. The highest BCUT2D eigenvalue weighted by Gasteiger charge is 2.34. The van der Waals surface area contributed by atoms with E-state index in [9.17, 15) is 9.59 Å². The fourth-order valence-corrected chi connectivity index (χ4v) is 1.24. The molecule has 6 heteroatoms. The van der Waals surface area contributed by atoms with E-state index in [0.717, 1.165) is 4.90 Å². The van der Waals surface area contributed by atoms with E-state index >= 15 is 0 Å². The van der Waals surface area contributed by atoms with Crippen molar-refractivity contribution in [1.82, 2.24) is 9.80 Å². The first-order chi connectivity index (χ1) is 6.60. The van der Waals surface area contributed by atoms with Crippen molar-refractivity contribution in [2.45, 2.75) is 6.29 Å². The molecule has 0 spiro atoms. The Hall–Kier alpha value is -1.14. The molecule has 14 heavy (non-hydrogen) atoms. The van der Waals surface area contributed by atoms with Gasteiger partial charge >= 0.3 is 6.03 Å². The number of amides is 3. The van der Waals surface area contributed by atoms with Crippen molar-refractivity contribution < 1.29 is 19.1 Å². The van der Waals surface area contributed by atoms with Gasteiger partial charge in [-0.2, -0.15) is 0 Å². The van der Waals surface area contributed by atoms with E-state index in [2.05, 4.69) is 0 Å². The minimum atomic E-state index is -0.561. The molecule has 1 heterocycles. The minimum absolute atomic E-state index is 0.124. The highest BCUT2D eigenvalue weighted by molar-refractivity contribution is 6.01. The van der Waals surface area contributed by atoms with E-state index in [1.807, 2.05) is 0 Å². The predicted octanol–water partition coefficient (Wildman–Crippen LogP) is -0.501. The molecule has 0 atom stereocenters. The number of imide groups is 1. The van der Waals surface area contributed by atoms with E-state index in [1.165, 1.54) is 19.1 Å². The standard InChI is InChI=1S/C8H14N2O4/c1-9-4-6(11)10(8(9)12)5-7(13-2)14-3/h7H,4-5H2,1-3H3. The maximum Gasteiger partial charge on any atom is 0.327 e. The number of ether oxygens (including phenoxy) is 2. The first kappa shape index (κ1) is 10.9. The number of carbonyl (C=O) groups is 2. The van der Waals surface area contributed by atoms with Crippen molar-refractivity contribution in [2.24, 2.45) is 0 Å². The topological polar surface area (TPSA) is 59.1 Å². The van der Waals surface area contributed by atoms with Gasteiger partial charge in [0, 0.05) is 21.3 Å². The molecule has 3 amide bonds. The van der Waals surface area contributed by atoms with E-state index in [0.29, 0.717) is 0 Å². The summed E-state index contributed by atoms with van der Waals surface area (Å²) in [5, 5.41) is 0. The van der Waals surface area contributed by atoms with E-state index in [1.54, 1.807) is 7.05 Å². The SMILES string of the molecule is COC(CN1C(=O)CN(C)C1=O)OC. The van der Waals surface area contributed by atoms with Crippen LogP contribution in [0.25, 0.3) is 0 Å². The predicted molar refractivity (Wildman–Crippen MR) is 47.5 cm³/mol. The molecule has 1 rings (SSSR count). The third-order valence-corrected chi connectivity index (χ3v) is 2.09. The Bertz CT molecular complexity index is 239. The third-order valence-electron chi connectivity index (χ3n) is 2.09. The summed E-state index contributed by atoms with van der Waals surface area (Å²) in [4.78, 5) is 25.2. The molecule has 1 aliphatic heterocycles. The van der Waals surface area contributed by atoms with Gasteiger partial charge in [-0.1, -0.05) is 0 Å². The molecular formula is C8H14N2O4. The lowest BCUT2D eigenvalue weighted by Crippen LogP contribution is -2.39. The van der Waals surface area contributed by atoms with Gasteiger partial charge in [0.25, 0.3) is 0 Å². The number of carbonyl (C=O) groups excluding carboxylic acids is 2. The fraction of sp³-hybridized carbons (Fsp3) is 0.750. The summed E-state index contributed by atoms with van der Waals surface area (Å²) in [7, 11) is 4.50. The smallest absolute Gasteiger partial charge is 0.327 e. The summed E-state index contributed by atoms with van der Waals surface area (Å²) < 4.78 is 9.81. The second-order valence-corrected chi connectivity index (χ2v) is 3.04. The molecule has 80 valence electrons. The molecule has 6 nitrogen and oxygen atoms in total. The van der Waals surface area contributed by atoms with Crippen LogP contribution in [0.3, 0.4) is 0 Å². The van der Waals surface area contributed by atoms with Gasteiger partial charge in [-0.25, -0.2) is 4.79 Å². The van der Waals surface area contributed by atoms with Crippen LogP contribution in [0.4, 0.5) is 4.79 Å². The largest absolute Gasteiger partial charge is 0.354 e. The maximum atomic E-state index is 11.4. The maximum absolute atomic E-state index is 11.4. The van der Waals surface area contributed by atoms with Crippen LogP contribution in [0.15, 0.2) is 0 Å². The Morgan fingerprint density at radius 2 is 1.93 bits per heavy atom. The first-order valence-electron chi connectivity index (χ1n) is 4.21. The van der Waals surface area contributed by atoms with Crippen LogP contribution in [0.2, 0.25) is 0 Å². The molecule has 0 aromatic carbocycles. The van der Waals surface area contributed by atoms with Gasteiger partial charge in [-0.15, -0.1) is 0 Å². The van der Waals surface area contributed by atoms with Crippen LogP contribution >= 0.6 is 0 Å². The second kappa shape index (κ2) is 4.39. The van der Waals surface area contributed by atoms with Crippen LogP contribution in [0.1, 0.15) is 0 Å². The van der Waals surface area contributed by atoms with Gasteiger partial charge in [0.2, 0.25) is 5.91 Å². The number of likely N-dealkylation sites (N-methyl/N-ethyl adjacent to an activating group) is 1. The Kier molecular flexibility index (Phi) is 3.43. The normalized spacial score (nSPS) is 17.4. The summed E-state index contributed by atoms with van der Waals surface area (Å²) in [6.45, 7) is 0.258. The molecule has 0 saturated carbocycles. The summed E-state index contributed by atoms with van der Waals surface area (Å²) in [6, 6.07) is -0.311. The molecule has 0 aromatic heterocycles. The minimum Gasteiger partial charge on any atom is -0.354 e. The lowest BCUT2D eigenvalue weighted by atomic mass is 10.5. The first-order valence-corrected chi connectivity index (χ1v) is 4.21. The van der Waals surface area contributed by atoms with Crippen molar-refractivity contribution >= 4 is 11.9 Å². The molecule has 0 aliphatic carbocycles. The van der Waals surface area contributed by atoms with Crippen molar-refractivity contribution in [2.75, 3.05) is 34.4 Å². The van der Waals surface area contributed by atoms with E-state index in [-0.39, 0.29) is 25.0 Å². The Balaban J connectivity index is 2.59. The van der Waals surface area contributed by atoms with Gasteiger partial charge < -0.3 is 14.4 Å². The van der Waals surface area contributed by atoms with Crippen LogP contribution in [-0.2, 0) is 14.3 Å². The lowest BCUT2D eigenvalue weighted by Gasteiger charge is -2.19. The molecule has 0 radical (unpaired) electrons. The zero-order valence-electron chi connectivity index (χ0n) is 8.52. The zero-order chi connectivity index (χ0) is 10.7. The number of methoxy groups -OCH3 is 2. The van der Waals surface area contributed by atoms with Gasteiger partial charge in [0.1, 0.15) is 6.54 Å². The van der Waals surface area contributed by atoms with Crippen LogP contribution in [0, 0.1) is 0 Å². The summed E-state index contributed by atoms with van der Waals surface area (Å²) in [5.74, 6) is -0.225. The molecule has 0 aromatic rings. The Morgan fingerprint density at radius 3 is 2.29 bits per heavy atom. The van der Waals surface area contributed by atoms with Crippen LogP contribution in [0.5, 0.6) is 0 Å². The number of urea groups is 1. The van der Waals surface area contributed by atoms with Gasteiger partial charge in [-0.05, 0) is 0 Å². The van der Waals surface area contributed by atoms with Crippen molar-refractivity contribution in [1.29, 1.82) is 0 Å². The number of nitrogens with zero attached hydrogens (tertiary/aromatic N) is 2. The quantitative estimate of drug-likeness (QED) is 0.455. The van der Waals surface area contributed by atoms with Crippen LogP contribution < -0.4 is 0 Å². The van der Waals surface area contributed by atoms with Crippen molar-refractivity contribution in [3.8, 4) is 0 Å². The zero-order valence-corrected chi connectivity index (χ0v) is 8.52. The monoisotopic (exact) mass is 202 g/mol. The molecule has 1 fully saturated rings. The fourth-order valence-electron chi connectivity index (χ4n) is 1.24. The molecule has 1 saturated heterocycles. The Morgan fingerprint density at radius 1 is 1.36 bits per heavy atom. The van der Waals surface area contributed by atoms with Crippen LogP contribution in [-0.4, -0.2) is 62.4 Å². The van der Waals surface area contributed by atoms with Crippen molar-refractivity contribution in [3.05, 3.63) is 0 Å². The molecule has 0 bridgehead atoms. The third kappa shape index (κ3) is 2.02. The highest BCUT2D eigenvalue weighted by Crippen LogP contribution is 2.09. The number of hydrogen-bond acceptors (Lipinski definition) is 4. The number of rotatable bonds is 4.